The lowest BCUT2D eigenvalue weighted by atomic mass is 9.68. The first kappa shape index (κ1) is 19.7. The Morgan fingerprint density at radius 2 is 1.59 bits per heavy atom. The van der Waals surface area contributed by atoms with Crippen molar-refractivity contribution >= 4 is 0 Å². The van der Waals surface area contributed by atoms with Gasteiger partial charge in [-0.15, -0.1) is 0 Å². The molecule has 1 saturated carbocycles. The highest BCUT2D eigenvalue weighted by Crippen LogP contribution is 2.51. The summed E-state index contributed by atoms with van der Waals surface area (Å²) >= 11 is 0. The average Bonchev–Trinajstić information content (AvgIpc) is 2.71. The normalized spacial score (nSPS) is 17.4. The predicted octanol–water partition coefficient (Wildman–Crippen LogP) is 4.84. The molecule has 2 aromatic rings. The Hall–Kier alpha value is -2.07. The Morgan fingerprint density at radius 3 is 2.15 bits per heavy atom. The molecular weight excluding hydrogens is 338 g/mol. The second kappa shape index (κ2) is 7.89. The van der Waals surface area contributed by atoms with Gasteiger partial charge in [0.05, 0.1) is 14.2 Å². The summed E-state index contributed by atoms with van der Waals surface area (Å²) in [5.41, 5.74) is 3.49. The summed E-state index contributed by atoms with van der Waals surface area (Å²) in [4.78, 5) is 4.31. The van der Waals surface area contributed by atoms with Crippen LogP contribution >= 0.6 is 0 Å². The summed E-state index contributed by atoms with van der Waals surface area (Å²) in [6.07, 6.45) is 9.01. The van der Waals surface area contributed by atoms with Crippen molar-refractivity contribution < 1.29 is 14.6 Å². The first-order chi connectivity index (χ1) is 13.0. The van der Waals surface area contributed by atoms with Crippen molar-refractivity contribution in [2.24, 2.45) is 5.92 Å². The first-order valence-electron chi connectivity index (χ1n) is 9.81. The van der Waals surface area contributed by atoms with Gasteiger partial charge in [-0.05, 0) is 56.7 Å². The number of hydrogen-bond donors (Lipinski definition) is 1. The third-order valence-corrected chi connectivity index (χ3v) is 6.27. The Kier molecular flexibility index (Phi) is 5.75. The lowest BCUT2D eigenvalue weighted by molar-refractivity contribution is -0.00362. The molecule has 1 fully saturated rings. The zero-order chi connectivity index (χ0) is 19.6. The molecule has 1 N–H and O–H groups in total. The SMILES string of the molecule is COc1c(C)c(C)c(OC)c(C(O)(c2cccnc2)C2CCCCC2)c1C. The van der Waals surface area contributed by atoms with Gasteiger partial charge in [-0.3, -0.25) is 4.98 Å². The van der Waals surface area contributed by atoms with Gasteiger partial charge in [-0.25, -0.2) is 0 Å². The lowest BCUT2D eigenvalue weighted by Crippen LogP contribution is -2.39. The Balaban J connectivity index is 2.35. The molecule has 1 heterocycles. The summed E-state index contributed by atoms with van der Waals surface area (Å²) in [6, 6.07) is 3.87. The first-order valence-corrected chi connectivity index (χ1v) is 9.81. The fourth-order valence-corrected chi connectivity index (χ4v) is 4.81. The molecule has 146 valence electrons. The van der Waals surface area contributed by atoms with Crippen molar-refractivity contribution in [3.8, 4) is 11.5 Å². The van der Waals surface area contributed by atoms with Crippen LogP contribution in [-0.2, 0) is 5.60 Å². The molecule has 0 spiro atoms. The van der Waals surface area contributed by atoms with E-state index in [4.69, 9.17) is 9.47 Å². The second-order valence-electron chi connectivity index (χ2n) is 7.66. The van der Waals surface area contributed by atoms with Crippen LogP contribution in [0, 0.1) is 26.7 Å². The van der Waals surface area contributed by atoms with Crippen molar-refractivity contribution in [3.05, 3.63) is 52.3 Å². The van der Waals surface area contributed by atoms with Gasteiger partial charge in [0, 0.05) is 29.1 Å². The molecule has 1 aromatic carbocycles. The molecule has 1 unspecified atom stereocenters. The van der Waals surface area contributed by atoms with Gasteiger partial charge >= 0.3 is 0 Å². The highest BCUT2D eigenvalue weighted by atomic mass is 16.5. The van der Waals surface area contributed by atoms with Gasteiger partial charge in [-0.2, -0.15) is 0 Å². The van der Waals surface area contributed by atoms with Crippen molar-refractivity contribution in [1.82, 2.24) is 4.98 Å². The number of rotatable bonds is 5. The zero-order valence-electron chi connectivity index (χ0n) is 17.1. The van der Waals surface area contributed by atoms with Crippen LogP contribution < -0.4 is 9.47 Å². The van der Waals surface area contributed by atoms with Crippen LogP contribution in [0.2, 0.25) is 0 Å². The molecule has 3 rings (SSSR count). The molecule has 1 aliphatic rings. The Labute approximate surface area is 162 Å². The monoisotopic (exact) mass is 369 g/mol. The van der Waals surface area contributed by atoms with E-state index < -0.39 is 5.60 Å². The largest absolute Gasteiger partial charge is 0.496 e. The molecule has 4 heteroatoms. The van der Waals surface area contributed by atoms with Crippen LogP contribution in [0.1, 0.15) is 59.9 Å². The molecule has 0 bridgehead atoms. The van der Waals surface area contributed by atoms with Crippen LogP contribution in [0.3, 0.4) is 0 Å². The zero-order valence-corrected chi connectivity index (χ0v) is 17.1. The Bertz CT molecular complexity index is 797. The number of hydrogen-bond acceptors (Lipinski definition) is 4. The van der Waals surface area contributed by atoms with E-state index in [1.165, 1.54) is 6.42 Å². The minimum atomic E-state index is -1.16. The molecule has 0 radical (unpaired) electrons. The van der Waals surface area contributed by atoms with E-state index in [1.807, 2.05) is 32.9 Å². The van der Waals surface area contributed by atoms with Gasteiger partial charge in [0.25, 0.3) is 0 Å². The minimum absolute atomic E-state index is 0.120. The molecule has 0 amide bonds. The molecule has 0 aliphatic heterocycles. The number of methoxy groups -OCH3 is 2. The number of pyridine rings is 1. The molecule has 1 aromatic heterocycles. The number of benzene rings is 1. The third kappa shape index (κ3) is 3.20. The van der Waals surface area contributed by atoms with E-state index >= 15 is 0 Å². The molecule has 0 saturated heterocycles. The molecule has 1 atom stereocenters. The van der Waals surface area contributed by atoms with Crippen LogP contribution in [0.4, 0.5) is 0 Å². The maximum atomic E-state index is 12.3. The topological polar surface area (TPSA) is 51.6 Å². The number of nitrogens with zero attached hydrogens (tertiary/aromatic N) is 1. The van der Waals surface area contributed by atoms with Gasteiger partial charge in [0.15, 0.2) is 0 Å². The van der Waals surface area contributed by atoms with Gasteiger partial charge in [-0.1, -0.05) is 25.3 Å². The summed E-state index contributed by atoms with van der Waals surface area (Å²) in [5.74, 6) is 1.69. The van der Waals surface area contributed by atoms with E-state index in [9.17, 15) is 5.11 Å². The highest BCUT2D eigenvalue weighted by molar-refractivity contribution is 5.62. The number of aromatic nitrogens is 1. The van der Waals surface area contributed by atoms with E-state index in [1.54, 1.807) is 26.6 Å². The smallest absolute Gasteiger partial charge is 0.129 e. The quantitative estimate of drug-likeness (QED) is 0.819. The predicted molar refractivity (Wildman–Crippen MR) is 108 cm³/mol. The maximum Gasteiger partial charge on any atom is 0.129 e. The maximum absolute atomic E-state index is 12.3. The van der Waals surface area contributed by atoms with Crippen molar-refractivity contribution in [2.75, 3.05) is 14.2 Å². The molecule has 27 heavy (non-hydrogen) atoms. The van der Waals surface area contributed by atoms with Crippen LogP contribution in [0.5, 0.6) is 11.5 Å². The van der Waals surface area contributed by atoms with E-state index in [0.29, 0.717) is 0 Å². The minimum Gasteiger partial charge on any atom is -0.496 e. The van der Waals surface area contributed by atoms with E-state index in [2.05, 4.69) is 4.98 Å². The van der Waals surface area contributed by atoms with Crippen molar-refractivity contribution in [2.45, 2.75) is 58.5 Å². The van der Waals surface area contributed by atoms with Crippen molar-refractivity contribution in [3.63, 3.8) is 0 Å². The summed E-state index contributed by atoms with van der Waals surface area (Å²) in [5, 5.41) is 12.3. The second-order valence-corrected chi connectivity index (χ2v) is 7.66. The van der Waals surface area contributed by atoms with Crippen LogP contribution in [0.25, 0.3) is 0 Å². The van der Waals surface area contributed by atoms with Gasteiger partial charge in [0.2, 0.25) is 0 Å². The number of ether oxygens (including phenoxy) is 2. The number of aliphatic hydroxyl groups is 1. The van der Waals surface area contributed by atoms with E-state index in [0.717, 1.165) is 65.0 Å². The third-order valence-electron chi connectivity index (χ3n) is 6.27. The summed E-state index contributed by atoms with van der Waals surface area (Å²) in [6.45, 7) is 6.09. The summed E-state index contributed by atoms with van der Waals surface area (Å²) in [7, 11) is 3.37. The molecular formula is C23H31NO3. The average molecular weight is 370 g/mol. The summed E-state index contributed by atoms with van der Waals surface area (Å²) < 4.78 is 11.6. The highest BCUT2D eigenvalue weighted by Gasteiger charge is 2.45. The van der Waals surface area contributed by atoms with Gasteiger partial charge < -0.3 is 14.6 Å². The molecule has 1 aliphatic carbocycles. The van der Waals surface area contributed by atoms with Crippen LogP contribution in [-0.4, -0.2) is 24.3 Å². The fourth-order valence-electron chi connectivity index (χ4n) is 4.81. The Morgan fingerprint density at radius 1 is 0.963 bits per heavy atom. The van der Waals surface area contributed by atoms with Crippen LogP contribution in [0.15, 0.2) is 24.5 Å². The van der Waals surface area contributed by atoms with E-state index in [-0.39, 0.29) is 5.92 Å². The molecule has 4 nitrogen and oxygen atoms in total. The fraction of sp³-hybridized carbons (Fsp3) is 0.522. The lowest BCUT2D eigenvalue weighted by Gasteiger charge is -2.41. The standard InChI is InChI=1S/C23H31NO3/c1-15-16(2)22(27-5)20(17(3)21(15)26-4)23(25,18-10-7-6-8-11-18)19-12-9-13-24-14-19/h9,12-14,18,25H,6-8,10-11H2,1-5H3. The van der Waals surface area contributed by atoms with Gasteiger partial charge in [0.1, 0.15) is 17.1 Å². The van der Waals surface area contributed by atoms with Crippen molar-refractivity contribution in [1.29, 1.82) is 0 Å².